The Morgan fingerprint density at radius 1 is 1.19 bits per heavy atom. The highest BCUT2D eigenvalue weighted by atomic mass is 35.5. The highest BCUT2D eigenvalue weighted by molar-refractivity contribution is 6.34. The molecule has 6 heteroatoms. The van der Waals surface area contributed by atoms with E-state index in [9.17, 15) is 4.79 Å². The summed E-state index contributed by atoms with van der Waals surface area (Å²) < 4.78 is 0. The SMILES string of the molecule is CC1=CC(C)(C)N(C)c2cc(Cl)c(C=Nc3cc(C(=O)O)ccc3Cl)cc21. The Bertz CT molecular complexity index is 994. The molecule has 0 saturated carbocycles. The first kappa shape index (κ1) is 19.5. The molecular weight excluding hydrogens is 383 g/mol. The highest BCUT2D eigenvalue weighted by Crippen LogP contribution is 2.40. The van der Waals surface area contributed by atoms with Crippen LogP contribution < -0.4 is 4.90 Å². The van der Waals surface area contributed by atoms with Crippen LogP contribution >= 0.6 is 23.2 Å². The summed E-state index contributed by atoms with van der Waals surface area (Å²) in [5.41, 5.74) is 4.49. The largest absolute Gasteiger partial charge is 0.478 e. The summed E-state index contributed by atoms with van der Waals surface area (Å²) in [5.74, 6) is -1.03. The fourth-order valence-electron chi connectivity index (χ4n) is 3.17. The summed E-state index contributed by atoms with van der Waals surface area (Å²) >= 11 is 12.6. The molecule has 0 saturated heterocycles. The minimum Gasteiger partial charge on any atom is -0.478 e. The summed E-state index contributed by atoms with van der Waals surface area (Å²) in [6.45, 7) is 6.38. The van der Waals surface area contributed by atoms with Gasteiger partial charge >= 0.3 is 5.97 Å². The number of allylic oxidation sites excluding steroid dienone is 1. The maximum Gasteiger partial charge on any atom is 0.335 e. The van der Waals surface area contributed by atoms with Gasteiger partial charge in [-0.1, -0.05) is 29.3 Å². The van der Waals surface area contributed by atoms with Crippen molar-refractivity contribution in [3.8, 4) is 0 Å². The number of carboxylic acids is 1. The maximum absolute atomic E-state index is 11.1. The Hall–Kier alpha value is -2.30. The lowest BCUT2D eigenvalue weighted by atomic mass is 9.88. The number of aliphatic imine (C=N–C) groups is 1. The standard InChI is InChI=1S/C21H20Cl2N2O2/c1-12-10-21(2,3)25(4)19-9-17(23)14(7-15(12)19)11-24-18-8-13(20(26)27)5-6-16(18)22/h5-11H,1-4H3,(H,26,27). The molecule has 4 nitrogen and oxygen atoms in total. The minimum absolute atomic E-state index is 0.0964. The Morgan fingerprint density at radius 3 is 2.56 bits per heavy atom. The van der Waals surface area contributed by atoms with Gasteiger partial charge in [-0.25, -0.2) is 4.79 Å². The number of fused-ring (bicyclic) bond motifs is 1. The smallest absolute Gasteiger partial charge is 0.335 e. The van der Waals surface area contributed by atoms with Crippen molar-refractivity contribution in [1.82, 2.24) is 0 Å². The van der Waals surface area contributed by atoms with Gasteiger partial charge in [0.25, 0.3) is 0 Å². The number of carboxylic acid groups (broad SMARTS) is 1. The van der Waals surface area contributed by atoms with E-state index in [0.29, 0.717) is 15.7 Å². The number of rotatable bonds is 3. The van der Waals surface area contributed by atoms with E-state index in [2.05, 4.69) is 36.7 Å². The molecule has 1 heterocycles. The van der Waals surface area contributed by atoms with Crippen LogP contribution in [0.3, 0.4) is 0 Å². The van der Waals surface area contributed by atoms with Gasteiger partial charge < -0.3 is 10.0 Å². The molecule has 2 aromatic carbocycles. The number of hydrogen-bond acceptors (Lipinski definition) is 3. The first-order valence-electron chi connectivity index (χ1n) is 8.44. The summed E-state index contributed by atoms with van der Waals surface area (Å²) in [7, 11) is 2.04. The van der Waals surface area contributed by atoms with E-state index in [0.717, 1.165) is 16.8 Å². The molecule has 0 aromatic heterocycles. The van der Waals surface area contributed by atoms with Crippen LogP contribution in [0.25, 0.3) is 5.57 Å². The van der Waals surface area contributed by atoms with E-state index in [1.54, 1.807) is 6.21 Å². The molecule has 1 aliphatic rings. The van der Waals surface area contributed by atoms with E-state index in [1.807, 2.05) is 19.2 Å². The van der Waals surface area contributed by atoms with Crippen molar-refractivity contribution < 1.29 is 9.90 Å². The van der Waals surface area contributed by atoms with Gasteiger partial charge in [0, 0.05) is 30.1 Å². The van der Waals surface area contributed by atoms with Crippen LogP contribution in [0.1, 0.15) is 42.3 Å². The van der Waals surface area contributed by atoms with Crippen molar-refractivity contribution >= 4 is 52.3 Å². The van der Waals surface area contributed by atoms with Gasteiger partial charge in [-0.05, 0) is 56.7 Å². The molecule has 2 aromatic rings. The fourth-order valence-corrected chi connectivity index (χ4v) is 3.54. The lowest BCUT2D eigenvalue weighted by Crippen LogP contribution is -2.42. The van der Waals surface area contributed by atoms with Crippen LogP contribution in [0, 0.1) is 0 Å². The average molecular weight is 403 g/mol. The first-order valence-corrected chi connectivity index (χ1v) is 9.20. The third-order valence-corrected chi connectivity index (χ3v) is 5.52. The molecule has 140 valence electrons. The highest BCUT2D eigenvalue weighted by Gasteiger charge is 2.29. The van der Waals surface area contributed by atoms with Gasteiger partial charge in [0.05, 0.1) is 26.8 Å². The number of anilines is 1. The number of halogens is 2. The van der Waals surface area contributed by atoms with Crippen molar-refractivity contribution in [2.75, 3.05) is 11.9 Å². The lowest BCUT2D eigenvalue weighted by Gasteiger charge is -2.40. The van der Waals surface area contributed by atoms with Gasteiger partial charge in [0.2, 0.25) is 0 Å². The zero-order valence-corrected chi connectivity index (χ0v) is 17.1. The lowest BCUT2D eigenvalue weighted by molar-refractivity contribution is 0.0697. The Kier molecular flexibility index (Phi) is 5.06. The molecule has 0 amide bonds. The van der Waals surface area contributed by atoms with Crippen molar-refractivity contribution in [3.05, 3.63) is 63.1 Å². The summed E-state index contributed by atoms with van der Waals surface area (Å²) in [6, 6.07) is 8.34. The third-order valence-electron chi connectivity index (χ3n) is 4.87. The molecule has 3 rings (SSSR count). The molecule has 0 fully saturated rings. The van der Waals surface area contributed by atoms with Crippen LogP contribution in [-0.4, -0.2) is 29.9 Å². The maximum atomic E-state index is 11.1. The molecular formula is C21H20Cl2N2O2. The second-order valence-electron chi connectivity index (χ2n) is 7.16. The van der Waals surface area contributed by atoms with E-state index < -0.39 is 5.97 Å². The summed E-state index contributed by atoms with van der Waals surface area (Å²) in [5, 5.41) is 10.1. The number of benzene rings is 2. The van der Waals surface area contributed by atoms with Crippen LogP contribution in [0.4, 0.5) is 11.4 Å². The molecule has 0 unspecified atom stereocenters. The topological polar surface area (TPSA) is 52.9 Å². The summed E-state index contributed by atoms with van der Waals surface area (Å²) in [6.07, 6.45) is 3.83. The molecule has 1 aliphatic heterocycles. The Labute approximate surface area is 168 Å². The number of likely N-dealkylation sites (N-methyl/N-ethyl adjacent to an activating group) is 1. The van der Waals surface area contributed by atoms with Crippen molar-refractivity contribution in [2.24, 2.45) is 4.99 Å². The zero-order chi connectivity index (χ0) is 19.9. The fraction of sp³-hybridized carbons (Fsp3) is 0.238. The van der Waals surface area contributed by atoms with Crippen LogP contribution in [0.2, 0.25) is 10.0 Å². The summed E-state index contributed by atoms with van der Waals surface area (Å²) in [4.78, 5) is 17.7. The molecule has 27 heavy (non-hydrogen) atoms. The first-order chi connectivity index (χ1) is 12.6. The quantitative estimate of drug-likeness (QED) is 0.633. The van der Waals surface area contributed by atoms with Gasteiger partial charge in [0.1, 0.15) is 0 Å². The minimum atomic E-state index is -1.03. The van der Waals surface area contributed by atoms with Gasteiger partial charge in [-0.15, -0.1) is 0 Å². The van der Waals surface area contributed by atoms with Gasteiger partial charge in [0.15, 0.2) is 0 Å². The molecule has 0 aliphatic carbocycles. The Balaban J connectivity index is 2.03. The van der Waals surface area contributed by atoms with Gasteiger partial charge in [-0.3, -0.25) is 4.99 Å². The molecule has 0 bridgehead atoms. The number of carbonyl (C=O) groups is 1. The normalized spacial score (nSPS) is 15.6. The van der Waals surface area contributed by atoms with Crippen molar-refractivity contribution in [1.29, 1.82) is 0 Å². The molecule has 0 spiro atoms. The van der Waals surface area contributed by atoms with Gasteiger partial charge in [-0.2, -0.15) is 0 Å². The van der Waals surface area contributed by atoms with E-state index >= 15 is 0 Å². The Morgan fingerprint density at radius 2 is 1.89 bits per heavy atom. The molecule has 0 radical (unpaired) electrons. The zero-order valence-electron chi connectivity index (χ0n) is 15.5. The van der Waals surface area contributed by atoms with Crippen molar-refractivity contribution in [2.45, 2.75) is 26.3 Å². The second-order valence-corrected chi connectivity index (χ2v) is 7.97. The predicted octanol–water partition coefficient (Wildman–Crippen LogP) is 6.07. The average Bonchev–Trinajstić information content (AvgIpc) is 2.59. The van der Waals surface area contributed by atoms with E-state index in [1.165, 1.54) is 23.8 Å². The molecule has 1 N–H and O–H groups in total. The number of nitrogens with zero attached hydrogens (tertiary/aromatic N) is 2. The van der Waals surface area contributed by atoms with Crippen LogP contribution in [0.5, 0.6) is 0 Å². The van der Waals surface area contributed by atoms with E-state index in [4.69, 9.17) is 28.3 Å². The molecule has 0 atom stereocenters. The monoisotopic (exact) mass is 402 g/mol. The van der Waals surface area contributed by atoms with Crippen LogP contribution in [-0.2, 0) is 0 Å². The predicted molar refractivity (Wildman–Crippen MR) is 113 cm³/mol. The van der Waals surface area contributed by atoms with Crippen LogP contribution in [0.15, 0.2) is 41.4 Å². The second kappa shape index (κ2) is 7.02. The number of aromatic carboxylic acids is 1. The van der Waals surface area contributed by atoms with E-state index in [-0.39, 0.29) is 11.1 Å². The van der Waals surface area contributed by atoms with Crippen molar-refractivity contribution in [3.63, 3.8) is 0 Å². The number of hydrogen-bond donors (Lipinski definition) is 1. The third kappa shape index (κ3) is 3.73.